The fourth-order valence-corrected chi connectivity index (χ4v) is 5.93. The van der Waals surface area contributed by atoms with Crippen molar-refractivity contribution in [1.82, 2.24) is 0 Å². The van der Waals surface area contributed by atoms with E-state index in [1.807, 2.05) is 6.07 Å². The summed E-state index contributed by atoms with van der Waals surface area (Å²) in [4.78, 5) is 0. The van der Waals surface area contributed by atoms with Crippen LogP contribution in [0, 0.1) is 11.8 Å². The smallest absolute Gasteiger partial charge is 0.123 e. The van der Waals surface area contributed by atoms with E-state index >= 15 is 0 Å². The summed E-state index contributed by atoms with van der Waals surface area (Å²) >= 11 is 0. The highest BCUT2D eigenvalue weighted by atomic mass is 16.5. The van der Waals surface area contributed by atoms with E-state index in [1.165, 1.54) is 54.4 Å². The third-order valence-corrected chi connectivity index (χ3v) is 8.09. The van der Waals surface area contributed by atoms with E-state index < -0.39 is 0 Å². The lowest BCUT2D eigenvalue weighted by Gasteiger charge is -2.40. The molecule has 0 aromatic heterocycles. The second kappa shape index (κ2) is 12.8. The monoisotopic (exact) mass is 476 g/mol. The van der Waals surface area contributed by atoms with E-state index in [0.29, 0.717) is 18.4 Å². The Morgan fingerprint density at radius 1 is 1.06 bits per heavy atom. The van der Waals surface area contributed by atoms with Gasteiger partial charge >= 0.3 is 0 Å². The van der Waals surface area contributed by atoms with E-state index in [9.17, 15) is 5.11 Å². The lowest BCUT2D eigenvalue weighted by atomic mass is 9.66. The molecular formula is C33H48O2. The van der Waals surface area contributed by atoms with Crippen LogP contribution in [0.4, 0.5) is 0 Å². The van der Waals surface area contributed by atoms with Gasteiger partial charge in [0.05, 0.1) is 6.10 Å². The molecule has 0 unspecified atom stereocenters. The van der Waals surface area contributed by atoms with Gasteiger partial charge in [-0.15, -0.1) is 6.58 Å². The highest BCUT2D eigenvalue weighted by Gasteiger charge is 2.37. The SMILES string of the molecule is C=C(C)C[C@@H]1[C@H](C)C[C@@H](O)C[C@H]1c1ccc(C(C)(C)CCCCCC)cc1OCc1ccccc1. The number of aliphatic hydroxyl groups is 1. The van der Waals surface area contributed by atoms with Gasteiger partial charge in [0.25, 0.3) is 0 Å². The molecule has 2 heteroatoms. The number of hydrogen-bond donors (Lipinski definition) is 1. The Bertz CT molecular complexity index is 929. The Kier molecular flexibility index (Phi) is 10.0. The van der Waals surface area contributed by atoms with Crippen molar-refractivity contribution in [2.45, 2.75) is 110 Å². The molecule has 1 N–H and O–H groups in total. The first-order chi connectivity index (χ1) is 16.7. The number of aliphatic hydroxyl groups excluding tert-OH is 1. The summed E-state index contributed by atoms with van der Waals surface area (Å²) in [5.41, 5.74) is 5.11. The molecule has 1 fully saturated rings. The van der Waals surface area contributed by atoms with Crippen LogP contribution in [0.3, 0.4) is 0 Å². The summed E-state index contributed by atoms with van der Waals surface area (Å²) in [6.07, 6.45) is 8.74. The third-order valence-electron chi connectivity index (χ3n) is 8.09. The van der Waals surface area contributed by atoms with Gasteiger partial charge in [0, 0.05) is 0 Å². The number of hydrogen-bond acceptors (Lipinski definition) is 2. The Balaban J connectivity index is 1.94. The minimum Gasteiger partial charge on any atom is -0.489 e. The fraction of sp³-hybridized carbons (Fsp3) is 0.576. The summed E-state index contributed by atoms with van der Waals surface area (Å²) in [5, 5.41) is 10.7. The molecule has 0 heterocycles. The number of benzene rings is 2. The number of unbranched alkanes of at least 4 members (excludes halogenated alkanes) is 3. The molecule has 0 aliphatic heterocycles. The van der Waals surface area contributed by atoms with E-state index in [4.69, 9.17) is 4.74 Å². The zero-order valence-corrected chi connectivity index (χ0v) is 22.9. The minimum absolute atomic E-state index is 0.105. The average Bonchev–Trinajstić information content (AvgIpc) is 2.82. The standard InChI is InChI=1S/C33H48O2/c1-7-8-9-13-18-33(5,6)27-16-17-29(32(21-27)35-23-26-14-11-10-12-15-26)31-22-28(34)20-25(4)30(31)19-24(2)3/h10-12,14-17,21,25,28,30-31,34H,2,7-9,13,18-20,22-23H2,1,3-6H3/t25-,28-,30-,31+/m1/s1. The molecule has 1 aliphatic carbocycles. The molecule has 3 rings (SSSR count). The topological polar surface area (TPSA) is 29.5 Å². The molecule has 192 valence electrons. The molecule has 0 amide bonds. The largest absolute Gasteiger partial charge is 0.489 e. The van der Waals surface area contributed by atoms with Crippen molar-refractivity contribution in [3.05, 3.63) is 77.4 Å². The van der Waals surface area contributed by atoms with Crippen molar-refractivity contribution < 1.29 is 9.84 Å². The van der Waals surface area contributed by atoms with Gasteiger partial charge < -0.3 is 9.84 Å². The van der Waals surface area contributed by atoms with Gasteiger partial charge in [-0.3, -0.25) is 0 Å². The van der Waals surface area contributed by atoms with Crippen LogP contribution in [0.2, 0.25) is 0 Å². The summed E-state index contributed by atoms with van der Waals surface area (Å²) in [5.74, 6) is 2.20. The van der Waals surface area contributed by atoms with Crippen LogP contribution in [0.1, 0.15) is 109 Å². The van der Waals surface area contributed by atoms with E-state index in [2.05, 4.69) is 83.7 Å². The highest BCUT2D eigenvalue weighted by Crippen LogP contribution is 2.47. The molecule has 1 aliphatic rings. The second-order valence-corrected chi connectivity index (χ2v) is 11.8. The second-order valence-electron chi connectivity index (χ2n) is 11.8. The van der Waals surface area contributed by atoms with Crippen LogP contribution < -0.4 is 4.74 Å². The quantitative estimate of drug-likeness (QED) is 0.245. The normalized spacial score (nSPS) is 22.7. The number of ether oxygens (including phenoxy) is 1. The maximum atomic E-state index is 10.7. The molecule has 35 heavy (non-hydrogen) atoms. The van der Waals surface area contributed by atoms with Crippen molar-refractivity contribution in [3.63, 3.8) is 0 Å². The predicted octanol–water partition coefficient (Wildman–Crippen LogP) is 8.97. The first-order valence-electron chi connectivity index (χ1n) is 13.8. The van der Waals surface area contributed by atoms with Gasteiger partial charge in [-0.2, -0.15) is 0 Å². The molecule has 0 spiro atoms. The van der Waals surface area contributed by atoms with E-state index in [0.717, 1.165) is 25.0 Å². The zero-order chi connectivity index (χ0) is 25.4. The molecule has 0 bridgehead atoms. The zero-order valence-electron chi connectivity index (χ0n) is 22.9. The summed E-state index contributed by atoms with van der Waals surface area (Å²) in [6.45, 7) is 16.2. The summed E-state index contributed by atoms with van der Waals surface area (Å²) in [7, 11) is 0. The maximum Gasteiger partial charge on any atom is 0.123 e. The number of rotatable bonds is 12. The molecule has 2 aromatic carbocycles. The van der Waals surface area contributed by atoms with Crippen molar-refractivity contribution >= 4 is 0 Å². The van der Waals surface area contributed by atoms with E-state index in [1.54, 1.807) is 0 Å². The molecule has 2 aromatic rings. The van der Waals surface area contributed by atoms with Gasteiger partial charge in [-0.1, -0.05) is 101 Å². The van der Waals surface area contributed by atoms with Gasteiger partial charge in [-0.25, -0.2) is 0 Å². The lowest BCUT2D eigenvalue weighted by molar-refractivity contribution is 0.0583. The van der Waals surface area contributed by atoms with Gasteiger partial charge in [-0.05, 0) is 78.5 Å². The van der Waals surface area contributed by atoms with Crippen LogP contribution in [-0.2, 0) is 12.0 Å². The van der Waals surface area contributed by atoms with Gasteiger partial charge in [0.2, 0.25) is 0 Å². The third kappa shape index (κ3) is 7.71. The van der Waals surface area contributed by atoms with E-state index in [-0.39, 0.29) is 17.4 Å². The molecule has 1 saturated carbocycles. The molecule has 2 nitrogen and oxygen atoms in total. The Hall–Kier alpha value is -2.06. The first kappa shape index (κ1) is 27.5. The van der Waals surface area contributed by atoms with Crippen LogP contribution >= 0.6 is 0 Å². The van der Waals surface area contributed by atoms with Crippen LogP contribution in [0.5, 0.6) is 5.75 Å². The maximum absolute atomic E-state index is 10.7. The minimum atomic E-state index is -0.256. The lowest BCUT2D eigenvalue weighted by Crippen LogP contribution is -2.33. The van der Waals surface area contributed by atoms with Crippen LogP contribution in [0.25, 0.3) is 0 Å². The van der Waals surface area contributed by atoms with Crippen molar-refractivity contribution in [2.75, 3.05) is 0 Å². The van der Waals surface area contributed by atoms with Crippen LogP contribution in [-0.4, -0.2) is 11.2 Å². The average molecular weight is 477 g/mol. The van der Waals surface area contributed by atoms with Crippen molar-refractivity contribution in [1.29, 1.82) is 0 Å². The van der Waals surface area contributed by atoms with Gasteiger partial charge in [0.1, 0.15) is 12.4 Å². The number of allylic oxidation sites excluding steroid dienone is 1. The Morgan fingerprint density at radius 3 is 2.49 bits per heavy atom. The fourth-order valence-electron chi connectivity index (χ4n) is 5.93. The Labute approximate surface area is 214 Å². The van der Waals surface area contributed by atoms with Crippen molar-refractivity contribution in [3.8, 4) is 5.75 Å². The van der Waals surface area contributed by atoms with Crippen LogP contribution in [0.15, 0.2) is 60.7 Å². The first-order valence-corrected chi connectivity index (χ1v) is 13.8. The molecule has 0 saturated heterocycles. The van der Waals surface area contributed by atoms with Gasteiger partial charge in [0.15, 0.2) is 0 Å². The summed E-state index contributed by atoms with van der Waals surface area (Å²) < 4.78 is 6.58. The molecule has 0 radical (unpaired) electrons. The summed E-state index contributed by atoms with van der Waals surface area (Å²) in [6, 6.07) is 17.4. The molecule has 4 atom stereocenters. The Morgan fingerprint density at radius 2 is 1.80 bits per heavy atom. The molecular weight excluding hydrogens is 428 g/mol. The van der Waals surface area contributed by atoms with Crippen molar-refractivity contribution in [2.24, 2.45) is 11.8 Å². The predicted molar refractivity (Wildman–Crippen MR) is 149 cm³/mol. The highest BCUT2D eigenvalue weighted by molar-refractivity contribution is 5.43.